The Balaban J connectivity index is 2.12. The Bertz CT molecular complexity index is 451. The minimum absolute atomic E-state index is 0.289. The van der Waals surface area contributed by atoms with Gasteiger partial charge in [0, 0.05) is 38.8 Å². The van der Waals surface area contributed by atoms with Crippen molar-refractivity contribution in [2.24, 2.45) is 7.05 Å². The zero-order valence-electron chi connectivity index (χ0n) is 13.2. The molecule has 0 amide bonds. The predicted molar refractivity (Wildman–Crippen MR) is 86.9 cm³/mol. The van der Waals surface area contributed by atoms with Gasteiger partial charge in [0.1, 0.15) is 0 Å². The zero-order chi connectivity index (χ0) is 14.8. The highest BCUT2D eigenvalue weighted by molar-refractivity contribution is 9.10. The molecule has 5 heteroatoms. The molecule has 20 heavy (non-hydrogen) atoms. The van der Waals surface area contributed by atoms with Crippen molar-refractivity contribution < 1.29 is 0 Å². The molecule has 1 aromatic rings. The van der Waals surface area contributed by atoms with Crippen LogP contribution < -0.4 is 5.32 Å². The molecule has 2 rings (SSSR count). The minimum atomic E-state index is 0.289. The van der Waals surface area contributed by atoms with Crippen LogP contribution in [-0.2, 0) is 20.0 Å². The molecule has 0 saturated carbocycles. The standard InChI is InChI=1S/C15H27BrN4/c1-5-12-14(16)13(19(4)18-12)10-20-9-8-17-15(6-2,7-3)11-20/h17H,5-11H2,1-4H3. The molecular formula is C15H27BrN4. The van der Waals surface area contributed by atoms with E-state index in [9.17, 15) is 0 Å². The maximum absolute atomic E-state index is 4.60. The van der Waals surface area contributed by atoms with Gasteiger partial charge in [-0.25, -0.2) is 0 Å². The topological polar surface area (TPSA) is 33.1 Å². The lowest BCUT2D eigenvalue weighted by atomic mass is 9.90. The van der Waals surface area contributed by atoms with Crippen LogP contribution in [0.4, 0.5) is 0 Å². The average molecular weight is 343 g/mol. The number of aryl methyl sites for hydroxylation is 2. The molecular weight excluding hydrogens is 316 g/mol. The van der Waals surface area contributed by atoms with E-state index >= 15 is 0 Å². The summed E-state index contributed by atoms with van der Waals surface area (Å²) in [5, 5.41) is 8.32. The van der Waals surface area contributed by atoms with Crippen LogP contribution in [0, 0.1) is 0 Å². The van der Waals surface area contributed by atoms with Crippen LogP contribution in [0.15, 0.2) is 4.47 Å². The second kappa shape index (κ2) is 6.58. The Labute approximate surface area is 131 Å². The van der Waals surface area contributed by atoms with Gasteiger partial charge in [0.05, 0.1) is 15.9 Å². The van der Waals surface area contributed by atoms with Crippen molar-refractivity contribution in [3.63, 3.8) is 0 Å². The van der Waals surface area contributed by atoms with E-state index in [0.29, 0.717) is 0 Å². The highest BCUT2D eigenvalue weighted by Crippen LogP contribution is 2.26. The van der Waals surface area contributed by atoms with Gasteiger partial charge in [0.2, 0.25) is 0 Å². The number of piperazine rings is 1. The molecule has 4 nitrogen and oxygen atoms in total. The van der Waals surface area contributed by atoms with Crippen LogP contribution >= 0.6 is 15.9 Å². The van der Waals surface area contributed by atoms with Crippen LogP contribution in [0.2, 0.25) is 0 Å². The first-order valence-corrected chi connectivity index (χ1v) is 8.52. The first-order chi connectivity index (χ1) is 9.55. The van der Waals surface area contributed by atoms with Crippen LogP contribution in [0.25, 0.3) is 0 Å². The van der Waals surface area contributed by atoms with Crippen LogP contribution in [0.5, 0.6) is 0 Å². The lowest BCUT2D eigenvalue weighted by Gasteiger charge is -2.43. The monoisotopic (exact) mass is 342 g/mol. The van der Waals surface area contributed by atoms with E-state index in [-0.39, 0.29) is 5.54 Å². The van der Waals surface area contributed by atoms with Crippen molar-refractivity contribution in [3.8, 4) is 0 Å². The number of halogens is 1. The van der Waals surface area contributed by atoms with Gasteiger partial charge >= 0.3 is 0 Å². The van der Waals surface area contributed by atoms with Crippen LogP contribution in [0.1, 0.15) is 45.0 Å². The van der Waals surface area contributed by atoms with E-state index in [4.69, 9.17) is 0 Å². The largest absolute Gasteiger partial charge is 0.309 e. The molecule has 0 spiro atoms. The predicted octanol–water partition coefficient (Wildman–Crippen LogP) is 2.71. The van der Waals surface area contributed by atoms with Crippen molar-refractivity contribution in [2.45, 2.75) is 52.1 Å². The molecule has 2 heterocycles. The number of aromatic nitrogens is 2. The van der Waals surface area contributed by atoms with E-state index in [1.807, 2.05) is 11.7 Å². The Hall–Kier alpha value is -0.390. The van der Waals surface area contributed by atoms with E-state index in [1.54, 1.807) is 0 Å². The molecule has 0 unspecified atom stereocenters. The molecule has 0 aromatic carbocycles. The molecule has 0 atom stereocenters. The third-order valence-corrected chi connectivity index (χ3v) is 5.60. The third-order valence-electron chi connectivity index (χ3n) is 4.68. The average Bonchev–Trinajstić information content (AvgIpc) is 2.75. The van der Waals surface area contributed by atoms with Crippen molar-refractivity contribution in [1.29, 1.82) is 0 Å². The lowest BCUT2D eigenvalue weighted by Crippen LogP contribution is -2.59. The Morgan fingerprint density at radius 1 is 1.30 bits per heavy atom. The molecule has 1 N–H and O–H groups in total. The van der Waals surface area contributed by atoms with Gasteiger partial charge in [-0.15, -0.1) is 0 Å². The SMILES string of the molecule is CCc1nn(C)c(CN2CCNC(CC)(CC)C2)c1Br. The van der Waals surface area contributed by atoms with Gasteiger partial charge in [-0.05, 0) is 35.2 Å². The Morgan fingerprint density at radius 2 is 2.00 bits per heavy atom. The van der Waals surface area contributed by atoms with Gasteiger partial charge in [-0.1, -0.05) is 20.8 Å². The van der Waals surface area contributed by atoms with Gasteiger partial charge in [0.15, 0.2) is 0 Å². The molecule has 0 bridgehead atoms. The molecule has 1 fully saturated rings. The summed E-state index contributed by atoms with van der Waals surface area (Å²) in [6, 6.07) is 0. The van der Waals surface area contributed by atoms with Gasteiger partial charge < -0.3 is 5.32 Å². The maximum atomic E-state index is 4.60. The van der Waals surface area contributed by atoms with Crippen LogP contribution in [-0.4, -0.2) is 39.9 Å². The van der Waals surface area contributed by atoms with E-state index in [1.165, 1.54) is 23.0 Å². The zero-order valence-corrected chi connectivity index (χ0v) is 14.8. The third kappa shape index (κ3) is 3.10. The lowest BCUT2D eigenvalue weighted by molar-refractivity contribution is 0.116. The number of hydrogen-bond acceptors (Lipinski definition) is 3. The van der Waals surface area contributed by atoms with Crippen molar-refractivity contribution in [2.75, 3.05) is 19.6 Å². The Kier molecular flexibility index (Phi) is 5.26. The van der Waals surface area contributed by atoms with E-state index in [0.717, 1.165) is 38.3 Å². The summed E-state index contributed by atoms with van der Waals surface area (Å²) in [6.07, 6.45) is 3.35. The number of nitrogens with one attached hydrogen (secondary N) is 1. The fourth-order valence-corrected chi connectivity index (χ4v) is 3.85. The van der Waals surface area contributed by atoms with Crippen molar-refractivity contribution >= 4 is 15.9 Å². The quantitative estimate of drug-likeness (QED) is 0.892. The summed E-state index contributed by atoms with van der Waals surface area (Å²) in [5.41, 5.74) is 2.75. The highest BCUT2D eigenvalue weighted by Gasteiger charge is 2.32. The molecule has 1 aromatic heterocycles. The fourth-order valence-electron chi connectivity index (χ4n) is 3.10. The summed E-state index contributed by atoms with van der Waals surface area (Å²) in [5.74, 6) is 0. The molecule has 1 aliphatic rings. The summed E-state index contributed by atoms with van der Waals surface area (Å²) >= 11 is 3.73. The summed E-state index contributed by atoms with van der Waals surface area (Å²) in [6.45, 7) is 11.0. The first kappa shape index (κ1) is 16.0. The normalized spacial score (nSPS) is 19.4. The summed E-state index contributed by atoms with van der Waals surface area (Å²) in [7, 11) is 2.05. The number of nitrogens with zero attached hydrogens (tertiary/aromatic N) is 3. The molecule has 0 radical (unpaired) electrons. The van der Waals surface area contributed by atoms with Crippen molar-refractivity contribution in [3.05, 3.63) is 15.9 Å². The first-order valence-electron chi connectivity index (χ1n) is 7.72. The molecule has 0 aliphatic carbocycles. The minimum Gasteiger partial charge on any atom is -0.309 e. The molecule has 114 valence electrons. The number of hydrogen-bond donors (Lipinski definition) is 1. The van der Waals surface area contributed by atoms with E-state index < -0.39 is 0 Å². The molecule has 1 saturated heterocycles. The van der Waals surface area contributed by atoms with Gasteiger partial charge in [-0.2, -0.15) is 5.10 Å². The van der Waals surface area contributed by atoms with Crippen molar-refractivity contribution in [1.82, 2.24) is 20.0 Å². The second-order valence-corrected chi connectivity index (χ2v) is 6.60. The second-order valence-electron chi connectivity index (χ2n) is 5.81. The highest BCUT2D eigenvalue weighted by atomic mass is 79.9. The summed E-state index contributed by atoms with van der Waals surface area (Å²) in [4.78, 5) is 2.56. The van der Waals surface area contributed by atoms with Gasteiger partial charge in [-0.3, -0.25) is 9.58 Å². The smallest absolute Gasteiger partial charge is 0.0767 e. The Morgan fingerprint density at radius 3 is 2.55 bits per heavy atom. The van der Waals surface area contributed by atoms with Gasteiger partial charge in [0.25, 0.3) is 0 Å². The number of rotatable bonds is 5. The maximum Gasteiger partial charge on any atom is 0.0767 e. The van der Waals surface area contributed by atoms with E-state index in [2.05, 4.69) is 52.0 Å². The van der Waals surface area contributed by atoms with Crippen LogP contribution in [0.3, 0.4) is 0 Å². The fraction of sp³-hybridized carbons (Fsp3) is 0.800. The molecule has 1 aliphatic heterocycles. The summed E-state index contributed by atoms with van der Waals surface area (Å²) < 4.78 is 3.23.